The Morgan fingerprint density at radius 2 is 1.82 bits per heavy atom. The molecule has 4 rings (SSSR count). The highest BCUT2D eigenvalue weighted by atomic mass is 35.5. The fourth-order valence-electron chi connectivity index (χ4n) is 4.43. The van der Waals surface area contributed by atoms with E-state index in [-0.39, 0.29) is 47.0 Å². The minimum atomic E-state index is -5.38. The summed E-state index contributed by atoms with van der Waals surface area (Å²) in [6.07, 6.45) is -4.53. The van der Waals surface area contributed by atoms with Gasteiger partial charge in [0.25, 0.3) is 0 Å². The molecule has 208 valence electrons. The van der Waals surface area contributed by atoms with Gasteiger partial charge in [-0.2, -0.15) is 13.2 Å². The van der Waals surface area contributed by atoms with Crippen LogP contribution in [0.15, 0.2) is 52.9 Å². The molecule has 0 saturated heterocycles. The highest BCUT2D eigenvalue weighted by Crippen LogP contribution is 2.45. The largest absolute Gasteiger partial charge is 0.491 e. The van der Waals surface area contributed by atoms with Gasteiger partial charge in [0, 0.05) is 23.7 Å². The maximum Gasteiger partial charge on any atom is 0.491 e. The molecule has 2 aromatic heterocycles. The second-order valence-corrected chi connectivity index (χ2v) is 12.8. The summed E-state index contributed by atoms with van der Waals surface area (Å²) < 4.78 is 69.5. The third-order valence-corrected chi connectivity index (χ3v) is 10.3. The van der Waals surface area contributed by atoms with E-state index in [1.165, 1.54) is 29.5 Å². The highest BCUT2D eigenvalue weighted by molar-refractivity contribution is 7.92. The summed E-state index contributed by atoms with van der Waals surface area (Å²) >= 11 is 13.4. The van der Waals surface area contributed by atoms with Crippen molar-refractivity contribution in [3.05, 3.63) is 63.7 Å². The lowest BCUT2D eigenvalue weighted by Crippen LogP contribution is -2.44. The predicted octanol–water partition coefficient (Wildman–Crippen LogP) is 6.17. The SMILES string of the molecule is O=C(OC(=O)C1(Cc2cccc(Nc3nccs3)n2)CCC(S(=O)(=O)c2cccc(Cl)c2Cl)CC1)C(F)(F)F. The number of benzene rings is 1. The van der Waals surface area contributed by atoms with Crippen LogP contribution < -0.4 is 5.32 Å². The minimum Gasteiger partial charge on any atom is -0.386 e. The number of pyridine rings is 1. The molecule has 0 amide bonds. The van der Waals surface area contributed by atoms with E-state index in [2.05, 4.69) is 20.0 Å². The summed E-state index contributed by atoms with van der Waals surface area (Å²) in [6, 6.07) is 9.03. The molecule has 0 bridgehead atoms. The number of carbonyl (C=O) groups excluding carboxylic acids is 2. The first-order chi connectivity index (χ1) is 18.3. The van der Waals surface area contributed by atoms with Crippen molar-refractivity contribution in [3.63, 3.8) is 0 Å². The summed E-state index contributed by atoms with van der Waals surface area (Å²) in [4.78, 5) is 32.9. The van der Waals surface area contributed by atoms with Crippen molar-refractivity contribution in [1.82, 2.24) is 9.97 Å². The number of alkyl halides is 3. The summed E-state index contributed by atoms with van der Waals surface area (Å²) in [5.41, 5.74) is -1.30. The second-order valence-electron chi connectivity index (χ2n) is 8.90. The molecule has 0 radical (unpaired) electrons. The highest BCUT2D eigenvalue weighted by Gasteiger charge is 2.50. The van der Waals surface area contributed by atoms with E-state index < -0.39 is 38.6 Å². The van der Waals surface area contributed by atoms with Gasteiger partial charge >= 0.3 is 18.1 Å². The van der Waals surface area contributed by atoms with E-state index >= 15 is 0 Å². The van der Waals surface area contributed by atoms with Gasteiger partial charge in [-0.15, -0.1) is 11.3 Å². The van der Waals surface area contributed by atoms with Gasteiger partial charge in [-0.05, 0) is 49.9 Å². The van der Waals surface area contributed by atoms with Crippen molar-refractivity contribution in [2.45, 2.75) is 48.4 Å². The number of hydrogen-bond acceptors (Lipinski definition) is 9. The van der Waals surface area contributed by atoms with E-state index in [0.29, 0.717) is 16.6 Å². The van der Waals surface area contributed by atoms with Gasteiger partial charge in [-0.25, -0.2) is 23.2 Å². The maximum atomic E-state index is 13.3. The van der Waals surface area contributed by atoms with Crippen LogP contribution in [0.2, 0.25) is 10.0 Å². The number of esters is 2. The lowest BCUT2D eigenvalue weighted by molar-refractivity contribution is -0.205. The molecule has 3 aromatic rings. The Kier molecular flexibility index (Phi) is 8.55. The van der Waals surface area contributed by atoms with Gasteiger partial charge in [-0.1, -0.05) is 35.3 Å². The van der Waals surface area contributed by atoms with Crippen molar-refractivity contribution in [2.75, 3.05) is 5.32 Å². The van der Waals surface area contributed by atoms with E-state index in [1.54, 1.807) is 29.8 Å². The molecule has 15 heteroatoms. The van der Waals surface area contributed by atoms with Crippen LogP contribution in [0.1, 0.15) is 31.4 Å². The van der Waals surface area contributed by atoms with Gasteiger partial charge in [0.05, 0.1) is 25.6 Å². The smallest absolute Gasteiger partial charge is 0.386 e. The number of sulfone groups is 1. The van der Waals surface area contributed by atoms with Crippen LogP contribution in [0, 0.1) is 5.41 Å². The summed E-state index contributed by atoms with van der Waals surface area (Å²) in [7, 11) is -3.99. The van der Waals surface area contributed by atoms with Crippen molar-refractivity contribution in [2.24, 2.45) is 5.41 Å². The molecule has 1 N–H and O–H groups in total. The Morgan fingerprint density at radius 3 is 2.46 bits per heavy atom. The normalized spacial score (nSPS) is 19.9. The van der Waals surface area contributed by atoms with Crippen LogP contribution in [-0.2, 0) is 30.6 Å². The summed E-state index contributed by atoms with van der Waals surface area (Å²) in [6.45, 7) is 0. The Morgan fingerprint density at radius 1 is 1.13 bits per heavy atom. The first-order valence-electron chi connectivity index (χ1n) is 11.5. The molecule has 0 spiro atoms. The third kappa shape index (κ3) is 6.53. The fraction of sp³-hybridized carbons (Fsp3) is 0.333. The molecule has 1 aliphatic rings. The van der Waals surface area contributed by atoms with Crippen molar-refractivity contribution < 1.29 is 35.9 Å². The van der Waals surface area contributed by atoms with Gasteiger partial charge in [0.2, 0.25) is 0 Å². The quantitative estimate of drug-likeness (QED) is 0.246. The molecule has 1 saturated carbocycles. The zero-order valence-electron chi connectivity index (χ0n) is 19.9. The van der Waals surface area contributed by atoms with Gasteiger partial charge in [-0.3, -0.25) is 4.79 Å². The molecular formula is C24H20Cl2F3N3O5S2. The number of thiazole rings is 1. The predicted molar refractivity (Wildman–Crippen MR) is 139 cm³/mol. The number of rotatable bonds is 7. The lowest BCUT2D eigenvalue weighted by Gasteiger charge is -2.37. The molecule has 0 aliphatic heterocycles. The van der Waals surface area contributed by atoms with Crippen molar-refractivity contribution >= 4 is 67.3 Å². The van der Waals surface area contributed by atoms with Crippen molar-refractivity contribution in [1.29, 1.82) is 0 Å². The number of carbonyl (C=O) groups is 2. The number of hydrogen-bond donors (Lipinski definition) is 1. The number of anilines is 2. The minimum absolute atomic E-state index is 0.0504. The van der Waals surface area contributed by atoms with Crippen LogP contribution in [0.3, 0.4) is 0 Å². The van der Waals surface area contributed by atoms with Gasteiger partial charge in [0.1, 0.15) is 5.82 Å². The van der Waals surface area contributed by atoms with Crippen LogP contribution in [0.5, 0.6) is 0 Å². The lowest BCUT2D eigenvalue weighted by atomic mass is 9.71. The fourth-order valence-corrected chi connectivity index (χ4v) is 7.49. The Labute approximate surface area is 235 Å². The first kappa shape index (κ1) is 29.2. The van der Waals surface area contributed by atoms with Crippen LogP contribution in [-0.4, -0.2) is 41.8 Å². The Balaban J connectivity index is 1.60. The molecule has 1 aromatic carbocycles. The second kappa shape index (κ2) is 11.4. The summed E-state index contributed by atoms with van der Waals surface area (Å²) in [5.74, 6) is -3.65. The first-order valence-corrected chi connectivity index (χ1v) is 14.6. The zero-order chi connectivity index (χ0) is 28.4. The van der Waals surface area contributed by atoms with Crippen LogP contribution in [0.4, 0.5) is 24.1 Å². The summed E-state index contributed by atoms with van der Waals surface area (Å²) in [5, 5.41) is 4.21. The van der Waals surface area contributed by atoms with E-state index in [1.807, 2.05) is 0 Å². The van der Waals surface area contributed by atoms with E-state index in [0.717, 1.165) is 0 Å². The number of nitrogens with one attached hydrogen (secondary N) is 1. The Hall–Kier alpha value is -2.74. The monoisotopic (exact) mass is 621 g/mol. The zero-order valence-corrected chi connectivity index (χ0v) is 23.0. The average Bonchev–Trinajstić information content (AvgIpc) is 3.38. The maximum absolute atomic E-state index is 13.3. The Bertz CT molecular complexity index is 1480. The molecule has 1 aliphatic carbocycles. The number of aromatic nitrogens is 2. The molecular weight excluding hydrogens is 602 g/mol. The van der Waals surface area contributed by atoms with Gasteiger partial charge in [0.15, 0.2) is 15.0 Å². The van der Waals surface area contributed by atoms with E-state index in [4.69, 9.17) is 23.2 Å². The average molecular weight is 622 g/mol. The molecule has 0 unspecified atom stereocenters. The van der Waals surface area contributed by atoms with Crippen molar-refractivity contribution in [3.8, 4) is 0 Å². The molecule has 2 heterocycles. The number of halogens is 5. The molecule has 1 fully saturated rings. The van der Waals surface area contributed by atoms with Crippen LogP contribution in [0.25, 0.3) is 0 Å². The molecule has 39 heavy (non-hydrogen) atoms. The van der Waals surface area contributed by atoms with E-state index in [9.17, 15) is 31.2 Å². The molecule has 0 atom stereocenters. The van der Waals surface area contributed by atoms with Crippen LogP contribution >= 0.6 is 34.5 Å². The number of nitrogens with zero attached hydrogens (tertiary/aromatic N) is 2. The number of ether oxygens (including phenoxy) is 1. The van der Waals surface area contributed by atoms with Gasteiger partial charge < -0.3 is 10.1 Å². The molecule has 8 nitrogen and oxygen atoms in total. The topological polar surface area (TPSA) is 115 Å². The standard InChI is InChI=1S/C24H20Cl2F3N3O5S2/c25-16-4-2-5-17(19(16)26)39(35,36)15-7-9-23(10-8-15,20(33)37-21(34)24(27,28)29)13-14-3-1-6-18(31-14)32-22-30-11-12-38-22/h1-6,11-12,15H,7-10,13H2,(H,30,31,32). The third-order valence-electron chi connectivity index (χ3n) is 6.39.